The zero-order valence-electron chi connectivity index (χ0n) is 16.9. The van der Waals surface area contributed by atoms with Crippen LogP contribution in [0.2, 0.25) is 10.0 Å². The van der Waals surface area contributed by atoms with Crippen LogP contribution in [0.25, 0.3) is 0 Å². The molecule has 1 atom stereocenters. The second-order valence-corrected chi connectivity index (χ2v) is 8.68. The van der Waals surface area contributed by atoms with Crippen molar-refractivity contribution in [1.29, 1.82) is 0 Å². The number of aromatic nitrogens is 1. The lowest BCUT2D eigenvalue weighted by Gasteiger charge is -2.20. The Hall–Kier alpha value is -2.25. The van der Waals surface area contributed by atoms with Gasteiger partial charge in [0.2, 0.25) is 5.91 Å². The van der Waals surface area contributed by atoms with Crippen LogP contribution < -0.4 is 15.4 Å². The molecular formula is C23H24Cl2N4OS. The normalized spacial score (nSPS) is 11.7. The van der Waals surface area contributed by atoms with E-state index in [0.29, 0.717) is 10.0 Å². The number of carbonyl (C=O) groups is 1. The number of carbonyl (C=O) groups excluding carboxylic acids is 1. The maximum Gasteiger partial charge on any atom is 0.235 e. The van der Waals surface area contributed by atoms with Crippen LogP contribution >= 0.6 is 35.1 Å². The van der Waals surface area contributed by atoms with Crippen LogP contribution in [0, 0.1) is 0 Å². The molecule has 8 heteroatoms. The highest BCUT2D eigenvalue weighted by molar-refractivity contribution is 7.97. The largest absolute Gasteiger partial charge is 0.385 e. The molecule has 1 amide bonds. The lowest BCUT2D eigenvalue weighted by Crippen LogP contribution is -2.41. The molecule has 0 aliphatic rings. The Kier molecular flexibility index (Phi) is 9.49. The van der Waals surface area contributed by atoms with E-state index in [1.54, 1.807) is 24.5 Å². The molecule has 0 aliphatic heterocycles. The smallest absolute Gasteiger partial charge is 0.235 e. The third kappa shape index (κ3) is 8.42. The summed E-state index contributed by atoms with van der Waals surface area (Å²) in [7, 11) is 0. The van der Waals surface area contributed by atoms with Crippen molar-refractivity contribution in [2.45, 2.75) is 23.8 Å². The van der Waals surface area contributed by atoms with Crippen LogP contribution in [-0.2, 0) is 11.2 Å². The number of nitrogens with one attached hydrogen (secondary N) is 3. The van der Waals surface area contributed by atoms with Crippen LogP contribution in [0.4, 0.5) is 5.69 Å². The predicted molar refractivity (Wildman–Crippen MR) is 130 cm³/mol. The van der Waals surface area contributed by atoms with Crippen molar-refractivity contribution in [3.05, 3.63) is 88.7 Å². The molecule has 0 saturated heterocycles. The molecule has 0 spiro atoms. The minimum absolute atomic E-state index is 0.0148. The average Bonchev–Trinajstić information content (AvgIpc) is 2.77. The molecule has 3 aromatic rings. The summed E-state index contributed by atoms with van der Waals surface area (Å²) in [6, 6.07) is 19.4. The number of halogens is 2. The third-order valence-electron chi connectivity index (χ3n) is 4.51. The molecule has 5 nitrogen and oxygen atoms in total. The number of hydrogen-bond donors (Lipinski definition) is 3. The second kappa shape index (κ2) is 12.6. The Morgan fingerprint density at radius 2 is 1.77 bits per heavy atom. The maximum absolute atomic E-state index is 12.5. The fourth-order valence-electron chi connectivity index (χ4n) is 2.99. The summed E-state index contributed by atoms with van der Waals surface area (Å²) in [6.45, 7) is 0.932. The summed E-state index contributed by atoms with van der Waals surface area (Å²) in [5, 5.41) is 7.51. The summed E-state index contributed by atoms with van der Waals surface area (Å²) in [4.78, 5) is 17.4. The summed E-state index contributed by atoms with van der Waals surface area (Å²) in [6.07, 6.45) is 5.07. The Labute approximate surface area is 197 Å². The van der Waals surface area contributed by atoms with Crippen molar-refractivity contribution >= 4 is 46.7 Å². The molecule has 1 heterocycles. The minimum atomic E-state index is -0.0580. The summed E-state index contributed by atoms with van der Waals surface area (Å²) in [5.74, 6) is -0.0580. The number of rotatable bonds is 11. The standard InChI is InChI=1S/C23H24Cl2N4OS/c24-21-7-6-20(15-22(21)25)31-28-16-23(30)29-19(14-17-4-2-1-3-5-17)10-13-27-18-8-11-26-12-9-18/h1-9,11-12,15,19,28H,10,13-14,16H2,(H,26,27)(H,29,30). The summed E-state index contributed by atoms with van der Waals surface area (Å²) >= 11 is 13.3. The second-order valence-electron chi connectivity index (χ2n) is 6.90. The van der Waals surface area contributed by atoms with E-state index in [9.17, 15) is 4.79 Å². The molecule has 0 fully saturated rings. The highest BCUT2D eigenvalue weighted by Gasteiger charge is 2.13. The van der Waals surface area contributed by atoms with Crippen molar-refractivity contribution in [3.8, 4) is 0 Å². The lowest BCUT2D eigenvalue weighted by atomic mass is 10.0. The predicted octanol–water partition coefficient (Wildman–Crippen LogP) is 5.21. The van der Waals surface area contributed by atoms with E-state index < -0.39 is 0 Å². The molecule has 2 aromatic carbocycles. The van der Waals surface area contributed by atoms with Crippen molar-refractivity contribution in [2.75, 3.05) is 18.4 Å². The molecule has 3 N–H and O–H groups in total. The van der Waals surface area contributed by atoms with Gasteiger partial charge in [-0.05, 0) is 60.7 Å². The topological polar surface area (TPSA) is 66.1 Å². The van der Waals surface area contributed by atoms with Gasteiger partial charge in [0.1, 0.15) is 0 Å². The highest BCUT2D eigenvalue weighted by Crippen LogP contribution is 2.26. The Balaban J connectivity index is 1.49. The Morgan fingerprint density at radius 1 is 1.00 bits per heavy atom. The molecule has 3 rings (SSSR count). The van der Waals surface area contributed by atoms with Gasteiger partial charge in [-0.3, -0.25) is 14.5 Å². The van der Waals surface area contributed by atoms with E-state index in [2.05, 4.69) is 32.5 Å². The number of anilines is 1. The molecule has 31 heavy (non-hydrogen) atoms. The van der Waals surface area contributed by atoms with Gasteiger partial charge in [-0.25, -0.2) is 0 Å². The SMILES string of the molecule is O=C(CNSc1ccc(Cl)c(Cl)c1)NC(CCNc1ccncc1)Cc1ccccc1. The first kappa shape index (κ1) is 23.4. The van der Waals surface area contributed by atoms with E-state index >= 15 is 0 Å². The number of amides is 1. The molecule has 1 unspecified atom stereocenters. The summed E-state index contributed by atoms with van der Waals surface area (Å²) < 4.78 is 3.08. The summed E-state index contributed by atoms with van der Waals surface area (Å²) in [5.41, 5.74) is 2.20. The number of benzene rings is 2. The maximum atomic E-state index is 12.5. The van der Waals surface area contributed by atoms with Crippen LogP contribution in [0.15, 0.2) is 78.0 Å². The third-order valence-corrected chi connectivity index (χ3v) is 6.02. The molecule has 162 valence electrons. The van der Waals surface area contributed by atoms with Gasteiger partial charge >= 0.3 is 0 Å². The van der Waals surface area contributed by atoms with E-state index in [1.165, 1.54) is 17.5 Å². The van der Waals surface area contributed by atoms with Gasteiger partial charge in [-0.15, -0.1) is 0 Å². The van der Waals surface area contributed by atoms with Crippen molar-refractivity contribution in [3.63, 3.8) is 0 Å². The zero-order chi connectivity index (χ0) is 21.9. The molecule has 0 radical (unpaired) electrons. The Bertz CT molecular complexity index is 960. The van der Waals surface area contributed by atoms with E-state index in [4.69, 9.17) is 23.2 Å². The van der Waals surface area contributed by atoms with Gasteiger partial charge in [-0.1, -0.05) is 53.5 Å². The number of hydrogen-bond acceptors (Lipinski definition) is 5. The van der Waals surface area contributed by atoms with E-state index in [1.807, 2.05) is 36.4 Å². The minimum Gasteiger partial charge on any atom is -0.385 e. The van der Waals surface area contributed by atoms with Gasteiger partial charge in [0, 0.05) is 35.6 Å². The van der Waals surface area contributed by atoms with Crippen molar-refractivity contribution in [1.82, 2.24) is 15.0 Å². The van der Waals surface area contributed by atoms with Crippen LogP contribution in [0.1, 0.15) is 12.0 Å². The van der Waals surface area contributed by atoms with Crippen LogP contribution in [-0.4, -0.2) is 30.0 Å². The lowest BCUT2D eigenvalue weighted by molar-refractivity contribution is -0.120. The highest BCUT2D eigenvalue weighted by atomic mass is 35.5. The fourth-order valence-corrected chi connectivity index (χ4v) is 4.03. The number of pyridine rings is 1. The van der Waals surface area contributed by atoms with Crippen LogP contribution in [0.3, 0.4) is 0 Å². The van der Waals surface area contributed by atoms with Gasteiger partial charge in [0.15, 0.2) is 0 Å². The van der Waals surface area contributed by atoms with Crippen molar-refractivity contribution in [2.24, 2.45) is 0 Å². The quantitative estimate of drug-likeness (QED) is 0.332. The first-order valence-electron chi connectivity index (χ1n) is 9.92. The molecule has 1 aromatic heterocycles. The molecule has 0 aliphatic carbocycles. The van der Waals surface area contributed by atoms with Gasteiger partial charge in [-0.2, -0.15) is 0 Å². The number of nitrogens with zero attached hydrogens (tertiary/aromatic N) is 1. The first-order valence-corrected chi connectivity index (χ1v) is 11.5. The monoisotopic (exact) mass is 474 g/mol. The first-order chi connectivity index (χ1) is 15.1. The van der Waals surface area contributed by atoms with Gasteiger partial charge in [0.25, 0.3) is 0 Å². The van der Waals surface area contributed by atoms with Crippen molar-refractivity contribution < 1.29 is 4.79 Å². The van der Waals surface area contributed by atoms with E-state index in [-0.39, 0.29) is 18.5 Å². The Morgan fingerprint density at radius 3 is 2.52 bits per heavy atom. The van der Waals surface area contributed by atoms with E-state index in [0.717, 1.165) is 30.0 Å². The van der Waals surface area contributed by atoms with Gasteiger partial charge < -0.3 is 10.6 Å². The average molecular weight is 475 g/mol. The van der Waals surface area contributed by atoms with Gasteiger partial charge in [0.05, 0.1) is 16.6 Å². The molecule has 0 saturated carbocycles. The zero-order valence-corrected chi connectivity index (χ0v) is 19.2. The van der Waals surface area contributed by atoms with Crippen LogP contribution in [0.5, 0.6) is 0 Å². The molecule has 0 bridgehead atoms. The fraction of sp³-hybridized carbons (Fsp3) is 0.217. The molecular weight excluding hydrogens is 451 g/mol.